The zero-order valence-corrected chi connectivity index (χ0v) is 16.9. The predicted octanol–water partition coefficient (Wildman–Crippen LogP) is 1.32. The van der Waals surface area contributed by atoms with E-state index in [4.69, 9.17) is 4.74 Å². The fourth-order valence-electron chi connectivity index (χ4n) is 3.72. The van der Waals surface area contributed by atoms with Crippen molar-refractivity contribution in [3.63, 3.8) is 0 Å². The molecule has 0 bridgehead atoms. The first-order valence-electron chi connectivity index (χ1n) is 10.0. The van der Waals surface area contributed by atoms with Gasteiger partial charge in [0.25, 0.3) is 0 Å². The molecule has 1 saturated heterocycles. The average molecular weight is 411 g/mol. The highest BCUT2D eigenvalue weighted by molar-refractivity contribution is 7.88. The first-order valence-corrected chi connectivity index (χ1v) is 11.7. The van der Waals surface area contributed by atoms with Crippen molar-refractivity contribution in [1.82, 2.24) is 10.0 Å². The van der Waals surface area contributed by atoms with E-state index in [9.17, 15) is 18.3 Å². The van der Waals surface area contributed by atoms with Crippen molar-refractivity contribution in [3.05, 3.63) is 35.9 Å². The monoisotopic (exact) mass is 410 g/mol. The normalized spacial score (nSPS) is 25.8. The van der Waals surface area contributed by atoms with Crippen LogP contribution < -0.4 is 10.0 Å². The van der Waals surface area contributed by atoms with Crippen LogP contribution in [0.4, 0.5) is 0 Å². The van der Waals surface area contributed by atoms with Gasteiger partial charge in [-0.1, -0.05) is 36.8 Å². The van der Waals surface area contributed by atoms with Gasteiger partial charge in [-0.05, 0) is 37.7 Å². The second-order valence-electron chi connectivity index (χ2n) is 7.73. The topological polar surface area (TPSA) is 105 Å². The Morgan fingerprint density at radius 1 is 1.14 bits per heavy atom. The molecule has 0 radical (unpaired) electrons. The van der Waals surface area contributed by atoms with Crippen molar-refractivity contribution in [2.45, 2.75) is 62.5 Å². The van der Waals surface area contributed by atoms with Gasteiger partial charge in [0, 0.05) is 12.5 Å². The first-order chi connectivity index (χ1) is 13.5. The summed E-state index contributed by atoms with van der Waals surface area (Å²) in [5, 5.41) is 12.6. The molecule has 7 nitrogen and oxygen atoms in total. The summed E-state index contributed by atoms with van der Waals surface area (Å²) >= 11 is 0. The van der Waals surface area contributed by atoms with Crippen LogP contribution in [0.2, 0.25) is 0 Å². The van der Waals surface area contributed by atoms with E-state index < -0.39 is 22.2 Å². The van der Waals surface area contributed by atoms with E-state index in [0.717, 1.165) is 19.3 Å². The maximum absolute atomic E-state index is 12.5. The minimum Gasteiger partial charge on any atom is -0.394 e. The number of carbonyl (C=O) groups excluding carboxylic acids is 1. The van der Waals surface area contributed by atoms with Gasteiger partial charge in [0.1, 0.15) is 0 Å². The van der Waals surface area contributed by atoms with Gasteiger partial charge in [-0.15, -0.1) is 0 Å². The Balaban J connectivity index is 1.45. The molecule has 2 fully saturated rings. The molecule has 28 heavy (non-hydrogen) atoms. The molecule has 3 rings (SSSR count). The van der Waals surface area contributed by atoms with Crippen LogP contribution in [-0.2, 0) is 25.3 Å². The Labute approximate surface area is 166 Å². The van der Waals surface area contributed by atoms with Crippen molar-refractivity contribution < 1.29 is 23.1 Å². The van der Waals surface area contributed by atoms with Crippen molar-refractivity contribution in [2.24, 2.45) is 5.92 Å². The van der Waals surface area contributed by atoms with Gasteiger partial charge in [0.2, 0.25) is 15.9 Å². The Morgan fingerprint density at radius 3 is 2.54 bits per heavy atom. The fourth-order valence-corrected chi connectivity index (χ4v) is 5.16. The minimum atomic E-state index is -3.53. The number of carbonyl (C=O) groups is 1. The third-order valence-electron chi connectivity index (χ3n) is 5.57. The van der Waals surface area contributed by atoms with Crippen molar-refractivity contribution in [1.29, 1.82) is 0 Å². The maximum atomic E-state index is 12.5. The van der Waals surface area contributed by atoms with Crippen LogP contribution in [0.25, 0.3) is 0 Å². The highest BCUT2D eigenvalue weighted by atomic mass is 32.2. The molecule has 8 heteroatoms. The smallest absolute Gasteiger partial charge is 0.223 e. The second-order valence-corrected chi connectivity index (χ2v) is 9.49. The lowest BCUT2D eigenvalue weighted by Gasteiger charge is -2.36. The van der Waals surface area contributed by atoms with Gasteiger partial charge < -0.3 is 15.2 Å². The number of amides is 1. The lowest BCUT2D eigenvalue weighted by atomic mass is 9.85. The molecule has 0 spiro atoms. The zero-order chi connectivity index (χ0) is 20.0. The molecule has 1 heterocycles. The van der Waals surface area contributed by atoms with Crippen LogP contribution >= 0.6 is 0 Å². The van der Waals surface area contributed by atoms with E-state index in [-0.39, 0.29) is 30.3 Å². The summed E-state index contributed by atoms with van der Waals surface area (Å²) in [6.45, 7) is 0.298. The molecule has 156 valence electrons. The van der Waals surface area contributed by atoms with E-state index in [2.05, 4.69) is 10.0 Å². The quantitative estimate of drug-likeness (QED) is 0.570. The standard InChI is InChI=1S/C20H30N2O5S/c23-13-19-18(22-28(25,26)14-15-5-2-1-3-6-15)10-9-17(27-19)11-12-21-20(24)16-7-4-8-16/h1-3,5-6,16-19,22-23H,4,7-14H2,(H,21,24)/t17-,18-,19+/m0/s1. The van der Waals surface area contributed by atoms with Crippen molar-refractivity contribution in [2.75, 3.05) is 13.2 Å². The highest BCUT2D eigenvalue weighted by Gasteiger charge is 2.33. The van der Waals surface area contributed by atoms with Gasteiger partial charge in [-0.25, -0.2) is 13.1 Å². The number of benzene rings is 1. The second kappa shape index (κ2) is 9.82. The molecule has 1 aliphatic heterocycles. The third kappa shape index (κ3) is 6.01. The third-order valence-corrected chi connectivity index (χ3v) is 6.94. The Hall–Kier alpha value is -1.48. The highest BCUT2D eigenvalue weighted by Crippen LogP contribution is 2.26. The molecule has 2 aliphatic rings. The Kier molecular flexibility index (Phi) is 7.45. The van der Waals surface area contributed by atoms with Crippen LogP contribution in [0.1, 0.15) is 44.1 Å². The number of hydrogen-bond donors (Lipinski definition) is 3. The van der Waals surface area contributed by atoms with Crippen molar-refractivity contribution in [3.8, 4) is 0 Å². The number of ether oxygens (including phenoxy) is 1. The largest absolute Gasteiger partial charge is 0.394 e. The van der Waals surface area contributed by atoms with Gasteiger partial charge in [0.15, 0.2) is 0 Å². The van der Waals surface area contributed by atoms with E-state index in [1.807, 2.05) is 6.07 Å². The van der Waals surface area contributed by atoms with Crippen molar-refractivity contribution >= 4 is 15.9 Å². The minimum absolute atomic E-state index is 0.0892. The summed E-state index contributed by atoms with van der Waals surface area (Å²) in [5.74, 6) is 0.187. The zero-order valence-electron chi connectivity index (χ0n) is 16.0. The molecule has 1 amide bonds. The van der Waals surface area contributed by atoms with Crippen LogP contribution in [0, 0.1) is 5.92 Å². The van der Waals surface area contributed by atoms with E-state index in [1.54, 1.807) is 24.3 Å². The summed E-state index contributed by atoms with van der Waals surface area (Å²) in [4.78, 5) is 11.9. The maximum Gasteiger partial charge on any atom is 0.223 e. The molecule has 1 aliphatic carbocycles. The molecular formula is C20H30N2O5S. The summed E-state index contributed by atoms with van der Waals surface area (Å²) in [7, 11) is -3.53. The summed E-state index contributed by atoms with van der Waals surface area (Å²) in [6.07, 6.45) is 4.36. The number of nitrogens with one attached hydrogen (secondary N) is 2. The first kappa shape index (κ1) is 21.2. The summed E-state index contributed by atoms with van der Waals surface area (Å²) in [6, 6.07) is 8.55. The Bertz CT molecular complexity index is 736. The predicted molar refractivity (Wildman–Crippen MR) is 106 cm³/mol. The van der Waals surface area contributed by atoms with E-state index in [0.29, 0.717) is 31.4 Å². The average Bonchev–Trinajstić information content (AvgIpc) is 2.61. The summed E-state index contributed by atoms with van der Waals surface area (Å²) < 4.78 is 33.5. The lowest BCUT2D eigenvalue weighted by molar-refractivity contribution is -0.127. The fraction of sp³-hybridized carbons (Fsp3) is 0.650. The molecule has 1 saturated carbocycles. The molecule has 0 aromatic heterocycles. The molecular weight excluding hydrogens is 380 g/mol. The molecule has 1 aromatic carbocycles. The Morgan fingerprint density at radius 2 is 1.89 bits per heavy atom. The van der Waals surface area contributed by atoms with Crippen LogP contribution in [0.3, 0.4) is 0 Å². The van der Waals surface area contributed by atoms with E-state index >= 15 is 0 Å². The number of aliphatic hydroxyl groups excluding tert-OH is 1. The van der Waals surface area contributed by atoms with Crippen LogP contribution in [-0.4, -0.2) is 50.8 Å². The molecule has 1 aromatic rings. The van der Waals surface area contributed by atoms with Crippen LogP contribution in [0.5, 0.6) is 0 Å². The number of aliphatic hydroxyl groups is 1. The lowest BCUT2D eigenvalue weighted by Crippen LogP contribution is -2.51. The molecule has 0 unspecified atom stereocenters. The number of rotatable bonds is 9. The van der Waals surface area contributed by atoms with Crippen LogP contribution in [0.15, 0.2) is 30.3 Å². The van der Waals surface area contributed by atoms with Gasteiger partial charge in [-0.3, -0.25) is 4.79 Å². The van der Waals surface area contributed by atoms with Gasteiger partial charge >= 0.3 is 0 Å². The molecule has 3 atom stereocenters. The number of sulfonamides is 1. The summed E-state index contributed by atoms with van der Waals surface area (Å²) in [5.41, 5.74) is 0.715. The van der Waals surface area contributed by atoms with Gasteiger partial charge in [-0.2, -0.15) is 0 Å². The molecule has 3 N–H and O–H groups in total. The number of hydrogen-bond acceptors (Lipinski definition) is 5. The SMILES string of the molecule is O=C(NCC[C@@H]1CC[C@H](NS(=O)(=O)Cc2ccccc2)[C@@H](CO)O1)C1CCC1. The van der Waals surface area contributed by atoms with E-state index in [1.165, 1.54) is 0 Å². The van der Waals surface area contributed by atoms with Gasteiger partial charge in [0.05, 0.1) is 30.6 Å².